The maximum absolute atomic E-state index is 12.0. The summed E-state index contributed by atoms with van der Waals surface area (Å²) < 4.78 is 8.38. The SMILES string of the molecule is CC(C)(C)[Si](C)(C)OCCn1ccc2c(NC3C4CCC(CC4)C3C(=O)O)nc(Cl)nc21. The first-order valence-electron chi connectivity index (χ1n) is 11.6. The van der Waals surface area contributed by atoms with Gasteiger partial charge in [0.15, 0.2) is 8.32 Å². The molecule has 32 heavy (non-hydrogen) atoms. The van der Waals surface area contributed by atoms with Crippen LogP contribution >= 0.6 is 11.6 Å². The monoisotopic (exact) mass is 478 g/mol. The Morgan fingerprint density at radius 2 is 1.91 bits per heavy atom. The Labute approximate surface area is 196 Å². The van der Waals surface area contributed by atoms with Crippen molar-refractivity contribution in [2.75, 3.05) is 11.9 Å². The third-order valence-electron chi connectivity index (χ3n) is 8.00. The molecule has 7 nitrogen and oxygen atoms in total. The van der Waals surface area contributed by atoms with Gasteiger partial charge < -0.3 is 19.4 Å². The van der Waals surface area contributed by atoms with E-state index in [0.29, 0.717) is 24.9 Å². The van der Waals surface area contributed by atoms with E-state index in [2.05, 4.69) is 49.1 Å². The molecule has 3 aliphatic carbocycles. The van der Waals surface area contributed by atoms with Gasteiger partial charge in [0, 0.05) is 18.8 Å². The molecule has 176 valence electrons. The highest BCUT2D eigenvalue weighted by Gasteiger charge is 2.47. The molecule has 3 fully saturated rings. The van der Waals surface area contributed by atoms with Gasteiger partial charge in [0.1, 0.15) is 11.5 Å². The summed E-state index contributed by atoms with van der Waals surface area (Å²) in [6.07, 6.45) is 6.13. The van der Waals surface area contributed by atoms with Gasteiger partial charge in [-0.2, -0.15) is 4.98 Å². The van der Waals surface area contributed by atoms with Gasteiger partial charge in [-0.1, -0.05) is 20.8 Å². The number of hydrogen-bond donors (Lipinski definition) is 2. The van der Waals surface area contributed by atoms with E-state index in [0.717, 1.165) is 36.7 Å². The van der Waals surface area contributed by atoms with Crippen LogP contribution in [0.1, 0.15) is 46.5 Å². The largest absolute Gasteiger partial charge is 0.481 e. The number of anilines is 1. The van der Waals surface area contributed by atoms with Crippen molar-refractivity contribution < 1.29 is 14.3 Å². The van der Waals surface area contributed by atoms with Gasteiger partial charge in [0.05, 0.1) is 17.9 Å². The molecule has 2 atom stereocenters. The van der Waals surface area contributed by atoms with E-state index in [1.54, 1.807) is 0 Å². The maximum atomic E-state index is 12.0. The van der Waals surface area contributed by atoms with E-state index in [9.17, 15) is 9.90 Å². The molecule has 0 radical (unpaired) electrons. The number of carboxylic acids is 1. The average molecular weight is 479 g/mol. The molecule has 3 saturated carbocycles. The van der Waals surface area contributed by atoms with E-state index in [-0.39, 0.29) is 28.2 Å². The molecule has 2 heterocycles. The second kappa shape index (κ2) is 8.61. The second-order valence-corrected chi connectivity index (χ2v) is 16.1. The molecule has 2 N–H and O–H groups in total. The van der Waals surface area contributed by atoms with Crippen molar-refractivity contribution in [3.63, 3.8) is 0 Å². The van der Waals surface area contributed by atoms with Crippen molar-refractivity contribution in [3.8, 4) is 0 Å². The number of nitrogens with one attached hydrogen (secondary N) is 1. The zero-order valence-electron chi connectivity index (χ0n) is 19.7. The summed E-state index contributed by atoms with van der Waals surface area (Å²) in [5.41, 5.74) is 0.749. The van der Waals surface area contributed by atoms with Gasteiger partial charge in [-0.3, -0.25) is 4.79 Å². The molecule has 0 spiro atoms. The van der Waals surface area contributed by atoms with Crippen molar-refractivity contribution in [2.24, 2.45) is 17.8 Å². The van der Waals surface area contributed by atoms with Gasteiger partial charge in [-0.25, -0.2) is 4.98 Å². The van der Waals surface area contributed by atoms with Crippen LogP contribution in [0.2, 0.25) is 23.4 Å². The number of nitrogens with zero attached hydrogens (tertiary/aromatic N) is 3. The number of rotatable bonds is 7. The van der Waals surface area contributed by atoms with Crippen molar-refractivity contribution in [1.82, 2.24) is 14.5 Å². The fourth-order valence-corrected chi connectivity index (χ4v) is 6.31. The molecular formula is C23H35ClN4O3Si. The highest BCUT2D eigenvalue weighted by atomic mass is 35.5. The predicted octanol–water partition coefficient (Wildman–Crippen LogP) is 5.41. The number of carboxylic acid groups (broad SMARTS) is 1. The molecule has 3 aliphatic rings. The fraction of sp³-hybridized carbons (Fsp3) is 0.696. The first kappa shape index (κ1) is 23.5. The average Bonchev–Trinajstić information content (AvgIpc) is 3.10. The molecule has 2 bridgehead atoms. The number of carbonyl (C=O) groups is 1. The Hall–Kier alpha value is -1.64. The van der Waals surface area contributed by atoms with Gasteiger partial charge in [-0.15, -0.1) is 0 Å². The molecule has 0 aromatic carbocycles. The molecular weight excluding hydrogens is 444 g/mol. The Morgan fingerprint density at radius 1 is 1.25 bits per heavy atom. The van der Waals surface area contributed by atoms with Crippen LogP contribution in [-0.4, -0.2) is 46.6 Å². The van der Waals surface area contributed by atoms with E-state index in [1.165, 1.54) is 0 Å². The van der Waals surface area contributed by atoms with Crippen LogP contribution in [-0.2, 0) is 15.8 Å². The number of aliphatic carboxylic acids is 1. The number of aromatic nitrogens is 3. The van der Waals surface area contributed by atoms with Gasteiger partial charge in [0.2, 0.25) is 5.28 Å². The minimum atomic E-state index is -1.82. The first-order valence-corrected chi connectivity index (χ1v) is 14.9. The summed E-state index contributed by atoms with van der Waals surface area (Å²) in [6.45, 7) is 12.5. The molecule has 0 aliphatic heterocycles. The van der Waals surface area contributed by atoms with Crippen LogP contribution < -0.4 is 5.32 Å². The predicted molar refractivity (Wildman–Crippen MR) is 130 cm³/mol. The topological polar surface area (TPSA) is 89.3 Å². The Morgan fingerprint density at radius 3 is 2.53 bits per heavy atom. The highest BCUT2D eigenvalue weighted by Crippen LogP contribution is 2.46. The molecule has 5 rings (SSSR count). The molecule has 2 unspecified atom stereocenters. The maximum Gasteiger partial charge on any atom is 0.308 e. The zero-order chi connectivity index (χ0) is 23.3. The Kier molecular flexibility index (Phi) is 6.33. The summed E-state index contributed by atoms with van der Waals surface area (Å²) >= 11 is 6.30. The normalized spacial score (nSPS) is 25.9. The summed E-state index contributed by atoms with van der Waals surface area (Å²) in [5, 5.41) is 14.6. The number of halogens is 1. The molecule has 0 saturated heterocycles. The first-order chi connectivity index (χ1) is 15.0. The van der Waals surface area contributed by atoms with Crippen molar-refractivity contribution >= 4 is 42.7 Å². The lowest BCUT2D eigenvalue weighted by Crippen LogP contribution is -2.51. The van der Waals surface area contributed by atoms with E-state index in [4.69, 9.17) is 16.0 Å². The number of hydrogen-bond acceptors (Lipinski definition) is 5. The zero-order valence-corrected chi connectivity index (χ0v) is 21.4. The molecule has 2 aromatic heterocycles. The smallest absolute Gasteiger partial charge is 0.308 e. The van der Waals surface area contributed by atoms with Crippen LogP contribution in [0.5, 0.6) is 0 Å². The second-order valence-electron chi connectivity index (χ2n) is 10.9. The van der Waals surface area contributed by atoms with Crippen molar-refractivity contribution in [1.29, 1.82) is 0 Å². The van der Waals surface area contributed by atoms with E-state index < -0.39 is 14.3 Å². The molecule has 9 heteroatoms. The minimum absolute atomic E-state index is 0.126. The summed E-state index contributed by atoms with van der Waals surface area (Å²) in [6, 6.07) is 1.86. The van der Waals surface area contributed by atoms with Gasteiger partial charge >= 0.3 is 5.97 Å². The third-order valence-corrected chi connectivity index (χ3v) is 12.7. The van der Waals surface area contributed by atoms with E-state index >= 15 is 0 Å². The fourth-order valence-electron chi connectivity index (χ4n) is 5.12. The molecule has 2 aromatic rings. The quantitative estimate of drug-likeness (QED) is 0.408. The lowest BCUT2D eigenvalue weighted by molar-refractivity contribution is -0.148. The molecule has 0 amide bonds. The summed E-state index contributed by atoms with van der Waals surface area (Å²) in [7, 11) is -1.82. The Bertz CT molecular complexity index is 995. The van der Waals surface area contributed by atoms with Crippen LogP contribution in [0.15, 0.2) is 12.3 Å². The number of fused-ring (bicyclic) bond motifs is 4. The van der Waals surface area contributed by atoms with Gasteiger partial charge in [0.25, 0.3) is 0 Å². The van der Waals surface area contributed by atoms with E-state index in [1.807, 2.05) is 16.8 Å². The third kappa shape index (κ3) is 4.41. The minimum Gasteiger partial charge on any atom is -0.481 e. The highest BCUT2D eigenvalue weighted by molar-refractivity contribution is 6.74. The van der Waals surface area contributed by atoms with Crippen LogP contribution in [0, 0.1) is 17.8 Å². The summed E-state index contributed by atoms with van der Waals surface area (Å²) in [4.78, 5) is 21.0. The van der Waals surface area contributed by atoms with Crippen LogP contribution in [0.3, 0.4) is 0 Å². The van der Waals surface area contributed by atoms with Crippen LogP contribution in [0.25, 0.3) is 11.0 Å². The Balaban J connectivity index is 1.55. The lowest BCUT2D eigenvalue weighted by atomic mass is 9.61. The van der Waals surface area contributed by atoms with Crippen LogP contribution in [0.4, 0.5) is 5.82 Å². The van der Waals surface area contributed by atoms with Gasteiger partial charge in [-0.05, 0) is 73.3 Å². The van der Waals surface area contributed by atoms with Crippen molar-refractivity contribution in [2.45, 2.75) is 77.2 Å². The standard InChI is InChI=1S/C23H35ClN4O3Si/c1-23(2,3)32(4,5)31-13-12-28-11-10-16-19(26-22(24)27-20(16)28)25-18-15-8-6-14(7-9-15)17(18)21(29)30/h10-11,14-15,17-18H,6-9,12-13H2,1-5H3,(H,29,30)(H,25,26,27). The van der Waals surface area contributed by atoms with Crippen molar-refractivity contribution in [3.05, 3.63) is 17.5 Å². The lowest BCUT2D eigenvalue weighted by Gasteiger charge is -2.47. The summed E-state index contributed by atoms with van der Waals surface area (Å²) in [5.74, 6) is 0.123.